The first-order chi connectivity index (χ1) is 5.88. The van der Waals surface area contributed by atoms with E-state index < -0.39 is 0 Å². The highest BCUT2D eigenvalue weighted by Gasteiger charge is 2.50. The Balaban J connectivity index is 1.89. The third-order valence-electron chi connectivity index (χ3n) is 4.66. The fourth-order valence-corrected chi connectivity index (χ4v) is 7.81. The van der Waals surface area contributed by atoms with Crippen LogP contribution in [0.1, 0.15) is 38.5 Å². The van der Waals surface area contributed by atoms with Crippen molar-refractivity contribution in [2.24, 2.45) is 11.8 Å². The first-order valence-electron chi connectivity index (χ1n) is 5.60. The SMILES string of the molecule is CP1[C@@H]2CCC[C@@H]2[C@H]2CCC[C@H]21. The highest BCUT2D eigenvalue weighted by atomic mass is 31.1. The number of hydrogen-bond donors (Lipinski definition) is 0. The lowest BCUT2D eigenvalue weighted by molar-refractivity contribution is 0.384. The molecular weight excluding hydrogens is 163 g/mol. The molecule has 0 amide bonds. The van der Waals surface area contributed by atoms with E-state index in [1.807, 2.05) is 0 Å². The van der Waals surface area contributed by atoms with Gasteiger partial charge in [0.25, 0.3) is 0 Å². The summed E-state index contributed by atoms with van der Waals surface area (Å²) in [7, 11) is 0.454. The van der Waals surface area contributed by atoms with E-state index in [4.69, 9.17) is 0 Å². The van der Waals surface area contributed by atoms with Crippen LogP contribution in [0.15, 0.2) is 0 Å². The average Bonchev–Trinajstić information content (AvgIpc) is 2.72. The van der Waals surface area contributed by atoms with E-state index in [0.717, 1.165) is 0 Å². The van der Waals surface area contributed by atoms with E-state index in [0.29, 0.717) is 7.92 Å². The molecule has 1 saturated heterocycles. The largest absolute Gasteiger partial charge is 0.103 e. The quantitative estimate of drug-likeness (QED) is 0.503. The molecule has 68 valence electrons. The van der Waals surface area contributed by atoms with Crippen LogP contribution in [0, 0.1) is 11.8 Å². The minimum Gasteiger partial charge on any atom is -0.103 e. The van der Waals surface area contributed by atoms with Gasteiger partial charge in [0.1, 0.15) is 0 Å². The van der Waals surface area contributed by atoms with Gasteiger partial charge in [0.2, 0.25) is 0 Å². The zero-order chi connectivity index (χ0) is 8.13. The molecule has 0 bridgehead atoms. The van der Waals surface area contributed by atoms with Crippen LogP contribution in [-0.4, -0.2) is 18.0 Å². The van der Waals surface area contributed by atoms with E-state index in [-0.39, 0.29) is 0 Å². The van der Waals surface area contributed by atoms with Crippen LogP contribution >= 0.6 is 7.92 Å². The molecule has 0 spiro atoms. The second-order valence-corrected chi connectivity index (χ2v) is 7.65. The van der Waals surface area contributed by atoms with Gasteiger partial charge in [-0.25, -0.2) is 0 Å². The van der Waals surface area contributed by atoms with Crippen molar-refractivity contribution in [3.8, 4) is 0 Å². The topological polar surface area (TPSA) is 0 Å². The Hall–Kier alpha value is 0.430. The minimum atomic E-state index is 0.454. The number of rotatable bonds is 0. The maximum absolute atomic E-state index is 2.61. The van der Waals surface area contributed by atoms with Crippen molar-refractivity contribution >= 4 is 7.92 Å². The summed E-state index contributed by atoms with van der Waals surface area (Å²) in [5, 5.41) is 0. The van der Waals surface area contributed by atoms with Gasteiger partial charge in [-0.1, -0.05) is 12.8 Å². The van der Waals surface area contributed by atoms with Gasteiger partial charge in [-0.3, -0.25) is 0 Å². The van der Waals surface area contributed by atoms with Gasteiger partial charge in [0.05, 0.1) is 0 Å². The Bertz CT molecular complexity index is 169. The summed E-state index contributed by atoms with van der Waals surface area (Å²) in [6.45, 7) is 2.61. The smallest absolute Gasteiger partial charge is 0.0178 e. The average molecular weight is 182 g/mol. The third-order valence-corrected chi connectivity index (χ3v) is 8.03. The standard InChI is InChI=1S/C11H19P/c1-12-10-6-2-4-8(10)9-5-3-7-11(9)12/h8-11H,2-7H2,1H3/t8-,9-,10-,11-/m1/s1. The lowest BCUT2D eigenvalue weighted by Gasteiger charge is -2.18. The van der Waals surface area contributed by atoms with Crippen LogP contribution in [0.4, 0.5) is 0 Å². The van der Waals surface area contributed by atoms with E-state index >= 15 is 0 Å². The fourth-order valence-electron chi connectivity index (χ4n) is 4.19. The lowest BCUT2D eigenvalue weighted by Crippen LogP contribution is -2.13. The Morgan fingerprint density at radius 2 is 1.33 bits per heavy atom. The Kier molecular flexibility index (Phi) is 1.76. The lowest BCUT2D eigenvalue weighted by atomic mass is 9.90. The first kappa shape index (κ1) is 7.80. The van der Waals surface area contributed by atoms with Crippen molar-refractivity contribution in [2.45, 2.75) is 49.8 Å². The van der Waals surface area contributed by atoms with Crippen LogP contribution in [0.2, 0.25) is 0 Å². The van der Waals surface area contributed by atoms with Gasteiger partial charge in [-0.2, -0.15) is 0 Å². The molecule has 1 aliphatic heterocycles. The molecular formula is C11H19P. The zero-order valence-corrected chi connectivity index (χ0v) is 8.89. The van der Waals surface area contributed by atoms with Gasteiger partial charge < -0.3 is 0 Å². The van der Waals surface area contributed by atoms with E-state index in [1.54, 1.807) is 38.5 Å². The summed E-state index contributed by atoms with van der Waals surface area (Å²) in [6.07, 6.45) is 9.51. The minimum absolute atomic E-state index is 0.454. The molecule has 12 heavy (non-hydrogen) atoms. The normalized spacial score (nSPS) is 57.2. The molecule has 0 nitrogen and oxygen atoms in total. The Labute approximate surface area is 76.9 Å². The van der Waals surface area contributed by atoms with E-state index in [1.165, 1.54) is 23.2 Å². The molecule has 1 heterocycles. The van der Waals surface area contributed by atoms with Crippen molar-refractivity contribution in [1.82, 2.24) is 0 Å². The fraction of sp³-hybridized carbons (Fsp3) is 1.00. The van der Waals surface area contributed by atoms with E-state index in [2.05, 4.69) is 6.66 Å². The Morgan fingerprint density at radius 1 is 0.833 bits per heavy atom. The van der Waals surface area contributed by atoms with Crippen molar-refractivity contribution < 1.29 is 0 Å². The highest BCUT2D eigenvalue weighted by molar-refractivity contribution is 7.58. The molecule has 3 rings (SSSR count). The third kappa shape index (κ3) is 0.882. The maximum Gasteiger partial charge on any atom is -0.0178 e. The second-order valence-electron chi connectivity index (χ2n) is 4.99. The maximum atomic E-state index is 2.61. The molecule has 3 aliphatic rings. The molecule has 0 radical (unpaired) electrons. The number of fused-ring (bicyclic) bond motifs is 3. The molecule has 0 aromatic rings. The van der Waals surface area contributed by atoms with Gasteiger partial charge in [0.15, 0.2) is 0 Å². The molecule has 1 heteroatoms. The second kappa shape index (κ2) is 2.71. The number of hydrogen-bond acceptors (Lipinski definition) is 0. The van der Waals surface area contributed by atoms with E-state index in [9.17, 15) is 0 Å². The highest BCUT2D eigenvalue weighted by Crippen LogP contribution is 2.67. The van der Waals surface area contributed by atoms with Crippen molar-refractivity contribution in [3.63, 3.8) is 0 Å². The predicted octanol–water partition coefficient (Wildman–Crippen LogP) is 3.45. The predicted molar refractivity (Wildman–Crippen MR) is 55.1 cm³/mol. The van der Waals surface area contributed by atoms with Crippen molar-refractivity contribution in [2.75, 3.05) is 6.66 Å². The summed E-state index contributed by atoms with van der Waals surface area (Å²) < 4.78 is 0. The van der Waals surface area contributed by atoms with Crippen molar-refractivity contribution in [3.05, 3.63) is 0 Å². The van der Waals surface area contributed by atoms with Crippen LogP contribution in [0.5, 0.6) is 0 Å². The molecule has 4 atom stereocenters. The first-order valence-corrected chi connectivity index (χ1v) is 7.52. The summed E-state index contributed by atoms with van der Waals surface area (Å²) in [4.78, 5) is 0. The van der Waals surface area contributed by atoms with Crippen LogP contribution in [0.3, 0.4) is 0 Å². The Morgan fingerprint density at radius 3 is 1.83 bits per heavy atom. The van der Waals surface area contributed by atoms with Crippen LogP contribution in [-0.2, 0) is 0 Å². The summed E-state index contributed by atoms with van der Waals surface area (Å²) >= 11 is 0. The monoisotopic (exact) mass is 182 g/mol. The molecule has 0 aromatic heterocycles. The molecule has 3 fully saturated rings. The van der Waals surface area contributed by atoms with Gasteiger partial charge in [-0.15, -0.1) is 7.92 Å². The van der Waals surface area contributed by atoms with Crippen molar-refractivity contribution in [1.29, 1.82) is 0 Å². The molecule has 2 aliphatic carbocycles. The van der Waals surface area contributed by atoms with Crippen LogP contribution in [0.25, 0.3) is 0 Å². The zero-order valence-electron chi connectivity index (χ0n) is 8.00. The van der Waals surface area contributed by atoms with Gasteiger partial charge in [-0.05, 0) is 55.5 Å². The van der Waals surface area contributed by atoms with Gasteiger partial charge in [0, 0.05) is 0 Å². The molecule has 2 saturated carbocycles. The molecule has 0 aromatic carbocycles. The molecule has 0 unspecified atom stereocenters. The summed E-state index contributed by atoms with van der Waals surface area (Å²) in [5.41, 5.74) is 2.44. The summed E-state index contributed by atoms with van der Waals surface area (Å²) in [6, 6.07) is 0. The van der Waals surface area contributed by atoms with Crippen LogP contribution < -0.4 is 0 Å². The van der Waals surface area contributed by atoms with Gasteiger partial charge >= 0.3 is 0 Å². The summed E-state index contributed by atoms with van der Waals surface area (Å²) in [5.74, 6) is 2.40. The molecule has 0 N–H and O–H groups in total.